The van der Waals surface area contributed by atoms with Crippen molar-refractivity contribution in [2.75, 3.05) is 6.61 Å². The Morgan fingerprint density at radius 3 is 2.38 bits per heavy atom. The molecule has 0 amide bonds. The van der Waals surface area contributed by atoms with Crippen LogP contribution in [-0.4, -0.2) is 62.6 Å². The minimum atomic E-state index is -1.95. The Bertz CT molecular complexity index is 1130. The van der Waals surface area contributed by atoms with Crippen molar-refractivity contribution in [1.82, 2.24) is 0 Å². The van der Waals surface area contributed by atoms with Crippen molar-refractivity contribution in [3.8, 4) is 0 Å². The average Bonchev–Trinajstić information content (AvgIpc) is 3.26. The molecule has 4 aliphatic rings. The number of aliphatic hydroxyl groups is 3. The number of ketones is 1. The van der Waals surface area contributed by atoms with Gasteiger partial charge in [-0.2, -0.15) is 0 Å². The molecule has 0 bridgehead atoms. The van der Waals surface area contributed by atoms with Crippen molar-refractivity contribution in [3.05, 3.63) is 34.9 Å². The zero-order valence-corrected chi connectivity index (χ0v) is 23.0. The first kappa shape index (κ1) is 27.7. The van der Waals surface area contributed by atoms with E-state index in [1.165, 1.54) is 0 Å². The summed E-state index contributed by atoms with van der Waals surface area (Å²) in [6, 6.07) is 0. The van der Waals surface area contributed by atoms with E-state index in [1.54, 1.807) is 59.8 Å². The number of Topliss-reactive ketones (excluding diaryl/α,β-unsaturated/α-hetero) is 1. The number of carbonyl (C=O) groups excluding carboxylic acids is 3. The zero-order valence-electron chi connectivity index (χ0n) is 23.0. The number of hydrogen-bond acceptors (Lipinski definition) is 8. The minimum absolute atomic E-state index is 0.125. The third-order valence-electron chi connectivity index (χ3n) is 9.69. The fourth-order valence-electron chi connectivity index (χ4n) is 7.43. The van der Waals surface area contributed by atoms with E-state index in [-0.39, 0.29) is 6.42 Å². The molecule has 3 N–H and O–H groups in total. The highest BCUT2D eigenvalue weighted by Crippen LogP contribution is 2.77. The molecule has 0 spiro atoms. The summed E-state index contributed by atoms with van der Waals surface area (Å²) in [6.07, 6.45) is 3.81. The first-order valence-corrected chi connectivity index (χ1v) is 13.1. The zero-order chi connectivity index (χ0) is 27.9. The van der Waals surface area contributed by atoms with Crippen LogP contribution in [0.25, 0.3) is 0 Å². The summed E-state index contributed by atoms with van der Waals surface area (Å²) in [4.78, 5) is 39.3. The van der Waals surface area contributed by atoms with Gasteiger partial charge in [-0.15, -0.1) is 0 Å². The Hall–Kier alpha value is -2.29. The van der Waals surface area contributed by atoms with Crippen molar-refractivity contribution in [2.45, 2.75) is 84.7 Å². The molecule has 8 nitrogen and oxygen atoms in total. The first-order chi connectivity index (χ1) is 17.0. The average molecular weight is 517 g/mol. The number of carbonyl (C=O) groups is 3. The van der Waals surface area contributed by atoms with E-state index in [0.29, 0.717) is 16.7 Å². The lowest BCUT2D eigenvalue weighted by molar-refractivity contribution is -0.228. The van der Waals surface area contributed by atoms with Crippen LogP contribution in [0.2, 0.25) is 0 Å². The number of rotatable bonds is 5. The minimum Gasteiger partial charge on any atom is -0.454 e. The molecule has 0 radical (unpaired) electrons. The number of fused-ring (bicyclic) bond motifs is 5. The van der Waals surface area contributed by atoms with Gasteiger partial charge in [0.1, 0.15) is 11.7 Å². The monoisotopic (exact) mass is 516 g/mol. The topological polar surface area (TPSA) is 130 Å². The van der Waals surface area contributed by atoms with E-state index < -0.39 is 82.2 Å². The summed E-state index contributed by atoms with van der Waals surface area (Å²) in [5, 5.41) is 34.6. The normalized spacial score (nSPS) is 42.1. The Labute approximate surface area is 218 Å². The molecule has 2 unspecified atom stereocenters. The van der Waals surface area contributed by atoms with Crippen molar-refractivity contribution in [2.24, 2.45) is 35.0 Å². The lowest BCUT2D eigenvalue weighted by Gasteiger charge is -2.53. The predicted molar refractivity (Wildman–Crippen MR) is 135 cm³/mol. The third-order valence-corrected chi connectivity index (χ3v) is 9.69. The van der Waals surface area contributed by atoms with E-state index in [0.717, 1.165) is 0 Å². The van der Waals surface area contributed by atoms with Gasteiger partial charge >= 0.3 is 11.9 Å². The largest absolute Gasteiger partial charge is 0.454 e. The standard InChI is InChI=1S/C29H40O8/c1-9-15(4)25(33)36-23-17(6)28(35)19(21-26(7,8)29(21,23)37-24(32)14(2)3)11-18(13-30)12-27(34)20(28)10-16(5)22(27)31/h9-11,14,17,19-21,23,30,34-35H,12-13H2,1-8H3/b15-9+/t17-,19?,20?,21-,23-,27-,28-,29-/m1/s1. The molecular formula is C29H40O8. The SMILES string of the molecule is C/C=C(\C)C(=O)O[C@@H]1[C@@H](C)[C@@]2(O)C(C=C(CO)C[C@]3(O)C(=O)C(C)=CC23)[C@@H]2C(C)(C)[C@]12OC(=O)C(C)C. The summed E-state index contributed by atoms with van der Waals surface area (Å²) in [6.45, 7) is 13.5. The number of esters is 2. The molecule has 0 aliphatic heterocycles. The van der Waals surface area contributed by atoms with Crippen LogP contribution in [-0.2, 0) is 23.9 Å². The van der Waals surface area contributed by atoms with Gasteiger partial charge in [0, 0.05) is 41.1 Å². The molecule has 0 aromatic rings. The van der Waals surface area contributed by atoms with Crippen molar-refractivity contribution >= 4 is 17.7 Å². The summed E-state index contributed by atoms with van der Waals surface area (Å²) in [5.74, 6) is -5.00. The van der Waals surface area contributed by atoms with Crippen molar-refractivity contribution in [3.63, 3.8) is 0 Å². The maximum Gasteiger partial charge on any atom is 0.333 e. The fourth-order valence-corrected chi connectivity index (χ4v) is 7.43. The van der Waals surface area contributed by atoms with Crippen LogP contribution < -0.4 is 0 Å². The smallest absolute Gasteiger partial charge is 0.333 e. The Morgan fingerprint density at radius 2 is 1.84 bits per heavy atom. The van der Waals surface area contributed by atoms with Gasteiger partial charge in [0.25, 0.3) is 0 Å². The molecule has 37 heavy (non-hydrogen) atoms. The van der Waals surface area contributed by atoms with Crippen LogP contribution in [0.1, 0.15) is 61.8 Å². The van der Waals surface area contributed by atoms with Gasteiger partial charge in [-0.1, -0.05) is 52.8 Å². The molecule has 204 valence electrons. The molecule has 4 aliphatic carbocycles. The van der Waals surface area contributed by atoms with Gasteiger partial charge in [-0.05, 0) is 31.9 Å². The van der Waals surface area contributed by atoms with Crippen LogP contribution in [0, 0.1) is 35.0 Å². The lowest BCUT2D eigenvalue weighted by Crippen LogP contribution is -2.66. The van der Waals surface area contributed by atoms with Gasteiger partial charge in [0.15, 0.2) is 11.4 Å². The van der Waals surface area contributed by atoms with Crippen LogP contribution >= 0.6 is 0 Å². The molecule has 2 fully saturated rings. The molecule has 0 aromatic carbocycles. The van der Waals surface area contributed by atoms with Crippen molar-refractivity contribution < 1.29 is 39.2 Å². The van der Waals surface area contributed by atoms with Crippen molar-refractivity contribution in [1.29, 1.82) is 0 Å². The molecule has 8 atom stereocenters. The molecule has 0 saturated heterocycles. The summed E-state index contributed by atoms with van der Waals surface area (Å²) >= 11 is 0. The molecule has 0 heterocycles. The Balaban J connectivity index is 1.96. The van der Waals surface area contributed by atoms with Crippen LogP contribution in [0.4, 0.5) is 0 Å². The highest BCUT2D eigenvalue weighted by atomic mass is 16.6. The molecular weight excluding hydrogens is 476 g/mol. The van der Waals surface area contributed by atoms with E-state index in [1.807, 2.05) is 13.8 Å². The third kappa shape index (κ3) is 3.48. The number of ether oxygens (including phenoxy) is 2. The van der Waals surface area contributed by atoms with Gasteiger partial charge in [0.05, 0.1) is 18.1 Å². The van der Waals surface area contributed by atoms with Gasteiger partial charge < -0.3 is 24.8 Å². The second-order valence-electron chi connectivity index (χ2n) is 12.3. The second kappa shape index (κ2) is 8.61. The summed E-state index contributed by atoms with van der Waals surface area (Å²) in [7, 11) is 0. The van der Waals surface area contributed by atoms with E-state index in [4.69, 9.17) is 9.47 Å². The van der Waals surface area contributed by atoms with E-state index in [9.17, 15) is 29.7 Å². The molecule has 0 aromatic heterocycles. The highest BCUT2D eigenvalue weighted by molar-refractivity contribution is 6.04. The number of aliphatic hydroxyl groups excluding tert-OH is 1. The van der Waals surface area contributed by atoms with E-state index in [2.05, 4.69) is 0 Å². The quantitative estimate of drug-likeness (QED) is 0.289. The summed E-state index contributed by atoms with van der Waals surface area (Å²) < 4.78 is 12.3. The van der Waals surface area contributed by atoms with Crippen LogP contribution in [0.3, 0.4) is 0 Å². The van der Waals surface area contributed by atoms with Gasteiger partial charge in [-0.3, -0.25) is 9.59 Å². The maximum absolute atomic E-state index is 13.2. The fraction of sp³-hybridized carbons (Fsp3) is 0.690. The highest BCUT2D eigenvalue weighted by Gasteiger charge is 2.88. The molecule has 4 rings (SSSR count). The predicted octanol–water partition coefficient (Wildman–Crippen LogP) is 2.65. The Morgan fingerprint density at radius 1 is 1.22 bits per heavy atom. The van der Waals surface area contributed by atoms with Gasteiger partial charge in [0.2, 0.25) is 0 Å². The Kier molecular flexibility index (Phi) is 6.46. The van der Waals surface area contributed by atoms with Crippen LogP contribution in [0.5, 0.6) is 0 Å². The second-order valence-corrected chi connectivity index (χ2v) is 12.3. The van der Waals surface area contributed by atoms with E-state index >= 15 is 0 Å². The van der Waals surface area contributed by atoms with Gasteiger partial charge in [-0.25, -0.2) is 4.79 Å². The maximum atomic E-state index is 13.2. The molecule has 2 saturated carbocycles. The molecule has 8 heteroatoms. The first-order valence-electron chi connectivity index (χ1n) is 13.1. The summed E-state index contributed by atoms with van der Waals surface area (Å²) in [5.41, 5.74) is -4.51. The number of hydrogen-bond donors (Lipinski definition) is 3. The number of allylic oxidation sites excluding steroid dienone is 1. The van der Waals surface area contributed by atoms with Crippen LogP contribution in [0.15, 0.2) is 34.9 Å². The lowest BCUT2D eigenvalue weighted by atomic mass is 9.59.